The van der Waals surface area contributed by atoms with Crippen LogP contribution >= 0.6 is 27.5 Å². The van der Waals surface area contributed by atoms with Gasteiger partial charge in [-0.1, -0.05) is 23.7 Å². The number of ether oxygens (including phenoxy) is 2. The van der Waals surface area contributed by atoms with Crippen LogP contribution < -0.4 is 9.47 Å². The molecule has 4 nitrogen and oxygen atoms in total. The predicted octanol–water partition coefficient (Wildman–Crippen LogP) is 5.20. The highest BCUT2D eigenvalue weighted by Gasteiger charge is 2.09. The van der Waals surface area contributed by atoms with Gasteiger partial charge >= 0.3 is 0 Å². The Hall–Kier alpha value is -1.20. The number of benzene rings is 1. The van der Waals surface area contributed by atoms with Crippen LogP contribution in [-0.4, -0.2) is 25.5 Å². The van der Waals surface area contributed by atoms with Crippen molar-refractivity contribution in [2.75, 3.05) is 19.8 Å². The maximum Gasteiger partial charge on any atom is 0.151 e. The molecule has 0 aliphatic heterocycles. The zero-order chi connectivity index (χ0) is 17.2. The van der Waals surface area contributed by atoms with Crippen molar-refractivity contribution in [3.63, 3.8) is 0 Å². The second kappa shape index (κ2) is 10.6. The Bertz CT molecular complexity index is 565. The molecular weight excluding hydrogens is 382 g/mol. The molecule has 0 fully saturated rings. The average molecular weight is 405 g/mol. The van der Waals surface area contributed by atoms with Gasteiger partial charge in [-0.05, 0) is 72.5 Å². The molecular formula is C17H23BrClNO3. The summed E-state index contributed by atoms with van der Waals surface area (Å²) in [5.74, 6) is 1.69. The molecule has 0 aromatic heterocycles. The molecule has 0 aliphatic rings. The van der Waals surface area contributed by atoms with Crippen molar-refractivity contribution in [3.8, 4) is 11.5 Å². The van der Waals surface area contributed by atoms with Crippen molar-refractivity contribution >= 4 is 33.2 Å². The Kier molecular flexibility index (Phi) is 9.10. The lowest BCUT2D eigenvalue weighted by atomic mass is 10.1. The summed E-state index contributed by atoms with van der Waals surface area (Å²) in [5, 5.41) is 3.88. The minimum atomic E-state index is 0.412. The van der Waals surface area contributed by atoms with E-state index in [1.807, 2.05) is 32.9 Å². The largest absolute Gasteiger partial charge is 0.489 e. The molecule has 0 aliphatic carbocycles. The number of hydrogen-bond acceptors (Lipinski definition) is 4. The van der Waals surface area contributed by atoms with Crippen LogP contribution in [0.15, 0.2) is 27.3 Å². The van der Waals surface area contributed by atoms with E-state index in [2.05, 4.69) is 28.0 Å². The van der Waals surface area contributed by atoms with E-state index in [0.29, 0.717) is 23.8 Å². The summed E-state index contributed by atoms with van der Waals surface area (Å²) >= 11 is 8.88. The van der Waals surface area contributed by atoms with Crippen LogP contribution in [0.1, 0.15) is 31.9 Å². The van der Waals surface area contributed by atoms with E-state index in [1.165, 1.54) is 0 Å². The predicted molar refractivity (Wildman–Crippen MR) is 99.1 cm³/mol. The molecule has 0 radical (unpaired) electrons. The van der Waals surface area contributed by atoms with Crippen LogP contribution in [0.2, 0.25) is 0 Å². The molecule has 0 spiro atoms. The third-order valence-corrected chi connectivity index (χ3v) is 3.34. The molecule has 0 saturated heterocycles. The van der Waals surface area contributed by atoms with E-state index in [4.69, 9.17) is 25.9 Å². The number of oxime groups is 1. The van der Waals surface area contributed by atoms with Gasteiger partial charge < -0.3 is 14.3 Å². The lowest BCUT2D eigenvalue weighted by Gasteiger charge is -2.15. The van der Waals surface area contributed by atoms with Crippen LogP contribution in [0.3, 0.4) is 0 Å². The topological polar surface area (TPSA) is 40.0 Å². The molecule has 6 heteroatoms. The normalized spacial score (nSPS) is 11.1. The quantitative estimate of drug-likeness (QED) is 0.322. The molecule has 128 valence electrons. The molecule has 1 rings (SSSR count). The van der Waals surface area contributed by atoms with Crippen molar-refractivity contribution in [1.29, 1.82) is 0 Å². The van der Waals surface area contributed by atoms with Crippen LogP contribution in [0, 0.1) is 6.92 Å². The molecule has 0 amide bonds. The number of nitrogens with zero attached hydrogens (tertiary/aromatic N) is 1. The standard InChI is InChI=1S/C17H23BrClNO3/c1-5-14-11-15(21-7-6-16(18)19)10-13(4)17(14)22-8-9-23-20-12(2)3/h6,10-11H,5,7-9H2,1-4H3/b16-6-. The maximum atomic E-state index is 5.85. The molecule has 0 bridgehead atoms. The van der Waals surface area contributed by atoms with Crippen LogP contribution in [-0.2, 0) is 11.3 Å². The summed E-state index contributed by atoms with van der Waals surface area (Å²) in [5.41, 5.74) is 3.02. The zero-order valence-corrected chi connectivity index (χ0v) is 16.3. The molecule has 1 aromatic carbocycles. The summed E-state index contributed by atoms with van der Waals surface area (Å²) in [4.78, 5) is 5.14. The van der Waals surface area contributed by atoms with E-state index >= 15 is 0 Å². The van der Waals surface area contributed by atoms with E-state index in [-0.39, 0.29) is 0 Å². The van der Waals surface area contributed by atoms with Crippen LogP contribution in [0.5, 0.6) is 11.5 Å². The summed E-state index contributed by atoms with van der Waals surface area (Å²) < 4.78 is 12.1. The van der Waals surface area contributed by atoms with E-state index < -0.39 is 0 Å². The Morgan fingerprint density at radius 3 is 2.61 bits per heavy atom. The van der Waals surface area contributed by atoms with Gasteiger partial charge in [-0.3, -0.25) is 0 Å². The van der Waals surface area contributed by atoms with Gasteiger partial charge in [0.05, 0.1) is 9.65 Å². The first-order chi connectivity index (χ1) is 10.9. The van der Waals surface area contributed by atoms with Crippen molar-refractivity contribution in [1.82, 2.24) is 0 Å². The Morgan fingerprint density at radius 1 is 1.26 bits per heavy atom. The maximum absolute atomic E-state index is 5.85. The van der Waals surface area contributed by atoms with Crippen molar-refractivity contribution in [2.45, 2.75) is 34.1 Å². The van der Waals surface area contributed by atoms with E-state index in [9.17, 15) is 0 Å². The monoisotopic (exact) mass is 403 g/mol. The van der Waals surface area contributed by atoms with Gasteiger partial charge in [0.25, 0.3) is 0 Å². The van der Waals surface area contributed by atoms with E-state index in [1.54, 1.807) is 6.08 Å². The van der Waals surface area contributed by atoms with Gasteiger partial charge in [0.2, 0.25) is 0 Å². The highest BCUT2D eigenvalue weighted by atomic mass is 79.9. The lowest BCUT2D eigenvalue weighted by Crippen LogP contribution is -2.08. The van der Waals surface area contributed by atoms with Gasteiger partial charge in [0.1, 0.15) is 24.7 Å². The molecule has 0 atom stereocenters. The smallest absolute Gasteiger partial charge is 0.151 e. The van der Waals surface area contributed by atoms with Crippen molar-refractivity contribution < 1.29 is 14.3 Å². The molecule has 23 heavy (non-hydrogen) atoms. The Labute approximate surface area is 151 Å². The number of hydrogen-bond donors (Lipinski definition) is 0. The third kappa shape index (κ3) is 7.75. The summed E-state index contributed by atoms with van der Waals surface area (Å²) in [7, 11) is 0. The fourth-order valence-electron chi connectivity index (χ4n) is 1.92. The lowest BCUT2D eigenvalue weighted by molar-refractivity contribution is 0.106. The minimum Gasteiger partial charge on any atom is -0.489 e. The number of rotatable bonds is 9. The van der Waals surface area contributed by atoms with Crippen molar-refractivity contribution in [3.05, 3.63) is 33.3 Å². The Morgan fingerprint density at radius 2 is 2.00 bits per heavy atom. The first kappa shape index (κ1) is 19.8. The van der Waals surface area contributed by atoms with Crippen LogP contribution in [0.4, 0.5) is 0 Å². The minimum absolute atomic E-state index is 0.412. The molecule has 1 aromatic rings. The van der Waals surface area contributed by atoms with Gasteiger partial charge in [-0.15, -0.1) is 0 Å². The number of aryl methyl sites for hydroxylation is 2. The Balaban J connectivity index is 2.69. The molecule has 0 N–H and O–H groups in total. The van der Waals surface area contributed by atoms with Crippen molar-refractivity contribution in [2.24, 2.45) is 5.16 Å². The second-order valence-electron chi connectivity index (χ2n) is 5.11. The molecule has 0 saturated carbocycles. The fraction of sp³-hybridized carbons (Fsp3) is 0.471. The fourth-order valence-corrected chi connectivity index (χ4v) is 2.12. The van der Waals surface area contributed by atoms with Gasteiger partial charge in [-0.25, -0.2) is 0 Å². The zero-order valence-electron chi connectivity index (χ0n) is 14.0. The van der Waals surface area contributed by atoms with Gasteiger partial charge in [-0.2, -0.15) is 0 Å². The summed E-state index contributed by atoms with van der Waals surface area (Å²) in [6.07, 6.45) is 2.61. The second-order valence-corrected chi connectivity index (χ2v) is 6.83. The number of halogens is 2. The van der Waals surface area contributed by atoms with Gasteiger partial charge in [0, 0.05) is 0 Å². The first-order valence-corrected chi connectivity index (χ1v) is 8.64. The highest BCUT2D eigenvalue weighted by Crippen LogP contribution is 2.29. The first-order valence-electron chi connectivity index (χ1n) is 7.47. The molecule has 0 unspecified atom stereocenters. The average Bonchev–Trinajstić information content (AvgIpc) is 2.47. The van der Waals surface area contributed by atoms with E-state index in [0.717, 1.165) is 34.8 Å². The van der Waals surface area contributed by atoms with Gasteiger partial charge in [0.15, 0.2) is 6.61 Å². The summed E-state index contributed by atoms with van der Waals surface area (Å²) in [6.45, 7) is 9.14. The third-order valence-electron chi connectivity index (χ3n) is 2.86. The highest BCUT2D eigenvalue weighted by molar-refractivity contribution is 9.12. The van der Waals surface area contributed by atoms with Crippen LogP contribution in [0.25, 0.3) is 0 Å². The molecule has 0 heterocycles. The summed E-state index contributed by atoms with van der Waals surface area (Å²) in [6, 6.07) is 3.95. The SMILES string of the molecule is CCc1cc(OC/C=C(\Cl)Br)cc(C)c1OCCON=C(C)C.